The van der Waals surface area contributed by atoms with Crippen molar-refractivity contribution >= 4 is 22.7 Å². The number of nitriles is 1. The number of rotatable bonds is 4. The molecule has 1 aromatic heterocycles. The maximum absolute atomic E-state index is 12.0. The molecule has 0 spiro atoms. The molecule has 0 saturated carbocycles. The van der Waals surface area contributed by atoms with Gasteiger partial charge in [-0.15, -0.1) is 0 Å². The Bertz CT molecular complexity index is 890. The Hall–Kier alpha value is -2.72. The van der Waals surface area contributed by atoms with Crippen molar-refractivity contribution in [3.8, 4) is 6.07 Å². The van der Waals surface area contributed by atoms with Crippen LogP contribution in [-0.2, 0) is 9.53 Å². The third-order valence-corrected chi connectivity index (χ3v) is 5.04. The Labute approximate surface area is 159 Å². The molecule has 0 radical (unpaired) electrons. The summed E-state index contributed by atoms with van der Waals surface area (Å²) in [4.78, 5) is 22.0. The van der Waals surface area contributed by atoms with Gasteiger partial charge in [0.1, 0.15) is 17.2 Å². The van der Waals surface area contributed by atoms with Crippen LogP contribution in [0.25, 0.3) is 11.0 Å². The van der Waals surface area contributed by atoms with Crippen LogP contribution in [0.1, 0.15) is 32.8 Å². The van der Waals surface area contributed by atoms with E-state index in [1.165, 1.54) is 7.11 Å². The Morgan fingerprint density at radius 1 is 1.44 bits per heavy atom. The maximum atomic E-state index is 12.0. The van der Waals surface area contributed by atoms with Crippen LogP contribution in [0.5, 0.6) is 0 Å². The van der Waals surface area contributed by atoms with Gasteiger partial charge < -0.3 is 9.64 Å². The van der Waals surface area contributed by atoms with Crippen molar-refractivity contribution in [2.45, 2.75) is 38.8 Å². The minimum Gasteiger partial charge on any atom is -0.468 e. The summed E-state index contributed by atoms with van der Waals surface area (Å²) >= 11 is 0. The molecule has 7 heteroatoms. The highest BCUT2D eigenvalue weighted by atomic mass is 16.5. The van der Waals surface area contributed by atoms with E-state index in [9.17, 15) is 10.1 Å². The van der Waals surface area contributed by atoms with Crippen LogP contribution in [0.3, 0.4) is 0 Å². The van der Waals surface area contributed by atoms with E-state index in [4.69, 9.17) is 4.74 Å². The average molecular weight is 368 g/mol. The molecule has 1 fully saturated rings. The number of aromatic nitrogens is 2. The van der Waals surface area contributed by atoms with Gasteiger partial charge in [-0.1, -0.05) is 6.92 Å². The summed E-state index contributed by atoms with van der Waals surface area (Å²) in [6.07, 6.45) is 4.41. The molecule has 0 aliphatic carbocycles. The van der Waals surface area contributed by atoms with Crippen molar-refractivity contribution in [2.24, 2.45) is 5.92 Å². The SMILES string of the molecule is COC(=O)C(C)(C)N[C@@H]1C[C@H](C)CN(c2ccc(C#N)c3[nH+]ccnc23)C1. The largest absolute Gasteiger partial charge is 0.468 e. The molecule has 2 N–H and O–H groups in total. The van der Waals surface area contributed by atoms with E-state index in [2.05, 4.69) is 33.2 Å². The molecule has 3 rings (SSSR count). The molecule has 0 unspecified atom stereocenters. The maximum Gasteiger partial charge on any atom is 0.325 e. The van der Waals surface area contributed by atoms with E-state index >= 15 is 0 Å². The summed E-state index contributed by atoms with van der Waals surface area (Å²) in [5, 5.41) is 12.8. The van der Waals surface area contributed by atoms with Crippen LogP contribution < -0.4 is 15.2 Å². The summed E-state index contributed by atoms with van der Waals surface area (Å²) < 4.78 is 4.92. The molecule has 0 amide bonds. The van der Waals surface area contributed by atoms with Crippen molar-refractivity contribution < 1.29 is 14.5 Å². The lowest BCUT2D eigenvalue weighted by Crippen LogP contribution is -2.58. The number of hydrogen-bond donors (Lipinski definition) is 1. The van der Waals surface area contributed by atoms with Gasteiger partial charge in [-0.25, -0.2) is 9.97 Å². The highest BCUT2D eigenvalue weighted by Gasteiger charge is 2.35. The van der Waals surface area contributed by atoms with Crippen LogP contribution in [0, 0.1) is 17.2 Å². The predicted octanol–water partition coefficient (Wildman–Crippen LogP) is 1.68. The topological polar surface area (TPSA) is 92.4 Å². The minimum absolute atomic E-state index is 0.140. The summed E-state index contributed by atoms with van der Waals surface area (Å²) in [5.41, 5.74) is 2.36. The molecular weight excluding hydrogens is 342 g/mol. The van der Waals surface area contributed by atoms with Crippen molar-refractivity contribution in [3.05, 3.63) is 30.1 Å². The number of ether oxygens (including phenoxy) is 1. The van der Waals surface area contributed by atoms with Crippen LogP contribution in [-0.4, -0.2) is 42.7 Å². The Morgan fingerprint density at radius 3 is 2.93 bits per heavy atom. The van der Waals surface area contributed by atoms with Gasteiger partial charge in [-0.05, 0) is 38.3 Å². The lowest BCUT2D eigenvalue weighted by Gasteiger charge is -2.41. The van der Waals surface area contributed by atoms with Crippen LogP contribution in [0.15, 0.2) is 24.5 Å². The number of carbonyl (C=O) groups is 1. The molecular formula is C20H26N5O2+. The Morgan fingerprint density at radius 2 is 2.22 bits per heavy atom. The van der Waals surface area contributed by atoms with Gasteiger partial charge in [0.05, 0.1) is 19.0 Å². The van der Waals surface area contributed by atoms with Gasteiger partial charge in [0.2, 0.25) is 5.52 Å². The monoisotopic (exact) mass is 368 g/mol. The lowest BCUT2D eigenvalue weighted by molar-refractivity contribution is -0.345. The molecule has 7 nitrogen and oxygen atoms in total. The number of anilines is 1. The van der Waals surface area contributed by atoms with Crippen LogP contribution in [0.4, 0.5) is 5.69 Å². The smallest absolute Gasteiger partial charge is 0.325 e. The summed E-state index contributed by atoms with van der Waals surface area (Å²) in [7, 11) is 1.41. The first kappa shape index (κ1) is 19.1. The second-order valence-corrected chi connectivity index (χ2v) is 7.76. The zero-order valence-electron chi connectivity index (χ0n) is 16.2. The van der Waals surface area contributed by atoms with Gasteiger partial charge >= 0.3 is 5.97 Å². The highest BCUT2D eigenvalue weighted by Crippen LogP contribution is 2.29. The van der Waals surface area contributed by atoms with E-state index in [1.54, 1.807) is 12.4 Å². The normalized spacial score (nSPS) is 20.3. The second-order valence-electron chi connectivity index (χ2n) is 7.76. The van der Waals surface area contributed by atoms with Crippen molar-refractivity contribution in [2.75, 3.05) is 25.1 Å². The van der Waals surface area contributed by atoms with Gasteiger partial charge in [0, 0.05) is 19.1 Å². The first-order valence-corrected chi connectivity index (χ1v) is 9.16. The zero-order valence-corrected chi connectivity index (χ0v) is 16.2. The summed E-state index contributed by atoms with van der Waals surface area (Å²) in [6, 6.07) is 6.14. The third-order valence-electron chi connectivity index (χ3n) is 5.04. The second kappa shape index (κ2) is 7.49. The molecule has 27 heavy (non-hydrogen) atoms. The van der Waals surface area contributed by atoms with E-state index in [1.807, 2.05) is 26.0 Å². The molecule has 1 aliphatic rings. The van der Waals surface area contributed by atoms with Gasteiger partial charge in [-0.3, -0.25) is 10.1 Å². The molecule has 1 saturated heterocycles. The molecule has 142 valence electrons. The number of carbonyl (C=O) groups excluding carboxylic acids is 1. The van der Waals surface area contributed by atoms with E-state index in [0.29, 0.717) is 11.5 Å². The number of piperidine rings is 1. The first-order chi connectivity index (χ1) is 12.9. The quantitative estimate of drug-likeness (QED) is 0.826. The van der Waals surface area contributed by atoms with E-state index < -0.39 is 5.54 Å². The number of hydrogen-bond acceptors (Lipinski definition) is 6. The van der Waals surface area contributed by atoms with Crippen LogP contribution in [0.2, 0.25) is 0 Å². The van der Waals surface area contributed by atoms with Crippen LogP contribution >= 0.6 is 0 Å². The number of fused-ring (bicyclic) bond motifs is 1. The van der Waals surface area contributed by atoms with Gasteiger partial charge in [0.15, 0.2) is 11.7 Å². The van der Waals surface area contributed by atoms with Crippen molar-refractivity contribution in [1.82, 2.24) is 10.3 Å². The Kier molecular flexibility index (Phi) is 5.29. The lowest BCUT2D eigenvalue weighted by atomic mass is 9.92. The highest BCUT2D eigenvalue weighted by molar-refractivity contribution is 5.90. The number of nitrogens with one attached hydrogen (secondary N) is 2. The first-order valence-electron chi connectivity index (χ1n) is 9.16. The molecule has 0 bridgehead atoms. The molecule has 2 heterocycles. The number of H-pyrrole nitrogens is 1. The number of methoxy groups -OCH3 is 1. The fourth-order valence-corrected chi connectivity index (χ4v) is 3.91. The molecule has 1 aliphatic heterocycles. The van der Waals surface area contributed by atoms with E-state index in [0.717, 1.165) is 36.2 Å². The fraction of sp³-hybridized carbons (Fsp3) is 0.500. The summed E-state index contributed by atoms with van der Waals surface area (Å²) in [5.74, 6) is 0.176. The van der Waals surface area contributed by atoms with Gasteiger partial charge in [0.25, 0.3) is 0 Å². The fourth-order valence-electron chi connectivity index (χ4n) is 3.91. The van der Waals surface area contributed by atoms with Gasteiger partial charge in [-0.2, -0.15) is 5.26 Å². The standard InChI is InChI=1S/C20H25N5O2/c1-13-9-15(24-20(2,3)19(26)27-4)12-25(11-13)16-6-5-14(10-21)17-18(16)23-8-7-22-17/h5-8,13,15,24H,9,11-12H2,1-4H3/p+1/t13-,15+/m0/s1. The number of benzene rings is 1. The third kappa shape index (κ3) is 3.86. The number of esters is 1. The number of nitrogens with zero attached hydrogens (tertiary/aromatic N) is 3. The Balaban J connectivity index is 1.91. The predicted molar refractivity (Wildman–Crippen MR) is 102 cm³/mol. The van der Waals surface area contributed by atoms with E-state index in [-0.39, 0.29) is 12.0 Å². The zero-order chi connectivity index (χ0) is 19.6. The molecule has 1 aromatic carbocycles. The molecule has 2 aromatic rings. The number of aromatic amines is 1. The molecule has 2 atom stereocenters. The average Bonchev–Trinajstić information content (AvgIpc) is 2.65. The minimum atomic E-state index is -0.749. The van der Waals surface area contributed by atoms with Crippen molar-refractivity contribution in [3.63, 3.8) is 0 Å². The summed E-state index contributed by atoms with van der Waals surface area (Å²) in [6.45, 7) is 7.54. The van der Waals surface area contributed by atoms with Crippen molar-refractivity contribution in [1.29, 1.82) is 5.26 Å².